The molecular formula is C9H20O3. The highest BCUT2D eigenvalue weighted by molar-refractivity contribution is 4.69. The lowest BCUT2D eigenvalue weighted by Gasteiger charge is -2.16. The fraction of sp³-hybridized carbons (Fsp3) is 1.00. The predicted octanol–water partition coefficient (Wildman–Crippen LogP) is 1.81. The molecule has 0 amide bonds. The van der Waals surface area contributed by atoms with Gasteiger partial charge in [0.2, 0.25) is 0 Å². The van der Waals surface area contributed by atoms with Gasteiger partial charge >= 0.3 is 0 Å². The van der Waals surface area contributed by atoms with Crippen molar-refractivity contribution in [2.75, 3.05) is 20.3 Å². The lowest BCUT2D eigenvalue weighted by Crippen LogP contribution is -2.23. The van der Waals surface area contributed by atoms with Gasteiger partial charge in [0.1, 0.15) is 6.10 Å². The Balaban J connectivity index is 0.000000561. The normalized spacial score (nSPS) is 26.2. The second-order valence-corrected chi connectivity index (χ2v) is 2.91. The lowest BCUT2D eigenvalue weighted by molar-refractivity contribution is -0.143. The third-order valence-corrected chi connectivity index (χ3v) is 1.42. The second-order valence-electron chi connectivity index (χ2n) is 2.91. The maximum absolute atomic E-state index is 5.44. The molecule has 1 unspecified atom stereocenters. The standard InChI is InChI=1S/C7H14O3.C2H6/c1-7(2)9-5-6(10-7)4-8-3;1-2/h6H,4-5H2,1-3H3;1-2H3. The summed E-state index contributed by atoms with van der Waals surface area (Å²) in [5.74, 6) is -0.413. The SMILES string of the molecule is CC.COCC1COC(C)(C)O1. The maximum Gasteiger partial charge on any atom is 0.163 e. The molecule has 0 radical (unpaired) electrons. The van der Waals surface area contributed by atoms with Crippen LogP contribution in [0.5, 0.6) is 0 Å². The van der Waals surface area contributed by atoms with E-state index in [-0.39, 0.29) is 6.10 Å². The molecule has 12 heavy (non-hydrogen) atoms. The smallest absolute Gasteiger partial charge is 0.163 e. The van der Waals surface area contributed by atoms with Crippen molar-refractivity contribution in [3.05, 3.63) is 0 Å². The fourth-order valence-electron chi connectivity index (χ4n) is 1.03. The molecule has 0 bridgehead atoms. The Labute approximate surface area is 75.0 Å². The van der Waals surface area contributed by atoms with Crippen LogP contribution in [0.4, 0.5) is 0 Å². The number of methoxy groups -OCH3 is 1. The lowest BCUT2D eigenvalue weighted by atomic mass is 10.4. The summed E-state index contributed by atoms with van der Waals surface area (Å²) in [6.45, 7) is 9.07. The molecule has 1 fully saturated rings. The van der Waals surface area contributed by atoms with E-state index >= 15 is 0 Å². The Kier molecular flexibility index (Phi) is 5.46. The fourth-order valence-corrected chi connectivity index (χ4v) is 1.03. The van der Waals surface area contributed by atoms with Crippen molar-refractivity contribution in [3.63, 3.8) is 0 Å². The molecule has 0 N–H and O–H groups in total. The van der Waals surface area contributed by atoms with Crippen LogP contribution in [0.3, 0.4) is 0 Å². The van der Waals surface area contributed by atoms with E-state index in [4.69, 9.17) is 14.2 Å². The molecule has 0 aromatic rings. The average molecular weight is 176 g/mol. The van der Waals surface area contributed by atoms with E-state index in [0.29, 0.717) is 13.2 Å². The molecule has 1 saturated heterocycles. The first kappa shape index (κ1) is 11.9. The summed E-state index contributed by atoms with van der Waals surface area (Å²) in [4.78, 5) is 0. The summed E-state index contributed by atoms with van der Waals surface area (Å²) in [5, 5.41) is 0. The van der Waals surface area contributed by atoms with E-state index in [0.717, 1.165) is 0 Å². The van der Waals surface area contributed by atoms with E-state index in [1.807, 2.05) is 27.7 Å². The van der Waals surface area contributed by atoms with E-state index in [2.05, 4.69) is 0 Å². The third kappa shape index (κ3) is 4.04. The van der Waals surface area contributed by atoms with Crippen molar-refractivity contribution in [1.82, 2.24) is 0 Å². The topological polar surface area (TPSA) is 27.7 Å². The van der Waals surface area contributed by atoms with E-state index < -0.39 is 5.79 Å². The molecule has 1 aliphatic heterocycles. The predicted molar refractivity (Wildman–Crippen MR) is 48.1 cm³/mol. The molecule has 1 atom stereocenters. The van der Waals surface area contributed by atoms with Crippen LogP contribution in [-0.4, -0.2) is 32.2 Å². The van der Waals surface area contributed by atoms with Gasteiger partial charge in [0.05, 0.1) is 13.2 Å². The Hall–Kier alpha value is -0.120. The average Bonchev–Trinajstić information content (AvgIpc) is 2.35. The minimum absolute atomic E-state index is 0.111. The van der Waals surface area contributed by atoms with Gasteiger partial charge in [0.15, 0.2) is 5.79 Å². The molecule has 1 rings (SSSR count). The van der Waals surface area contributed by atoms with Crippen LogP contribution >= 0.6 is 0 Å². The number of hydrogen-bond acceptors (Lipinski definition) is 3. The molecule has 0 aromatic carbocycles. The number of rotatable bonds is 2. The van der Waals surface area contributed by atoms with Gasteiger partial charge in [-0.3, -0.25) is 0 Å². The van der Waals surface area contributed by atoms with Gasteiger partial charge in [0, 0.05) is 7.11 Å². The molecule has 0 spiro atoms. The first-order chi connectivity index (χ1) is 5.64. The second kappa shape index (κ2) is 5.51. The van der Waals surface area contributed by atoms with E-state index in [9.17, 15) is 0 Å². The van der Waals surface area contributed by atoms with Crippen molar-refractivity contribution in [2.45, 2.75) is 39.6 Å². The molecule has 0 saturated carbocycles. The van der Waals surface area contributed by atoms with Gasteiger partial charge in [-0.2, -0.15) is 0 Å². The minimum Gasteiger partial charge on any atom is -0.382 e. The van der Waals surface area contributed by atoms with Gasteiger partial charge in [-0.05, 0) is 13.8 Å². The first-order valence-corrected chi connectivity index (χ1v) is 4.45. The van der Waals surface area contributed by atoms with Gasteiger partial charge in [0.25, 0.3) is 0 Å². The highest BCUT2D eigenvalue weighted by atomic mass is 16.7. The molecule has 3 nitrogen and oxygen atoms in total. The first-order valence-electron chi connectivity index (χ1n) is 4.45. The Morgan fingerprint density at radius 2 is 2.00 bits per heavy atom. The summed E-state index contributed by atoms with van der Waals surface area (Å²) < 4.78 is 15.7. The summed E-state index contributed by atoms with van der Waals surface area (Å²) >= 11 is 0. The highest BCUT2D eigenvalue weighted by Gasteiger charge is 2.32. The van der Waals surface area contributed by atoms with Crippen LogP contribution in [0.15, 0.2) is 0 Å². The minimum atomic E-state index is -0.413. The van der Waals surface area contributed by atoms with Gasteiger partial charge in [-0.15, -0.1) is 0 Å². The van der Waals surface area contributed by atoms with Crippen LogP contribution < -0.4 is 0 Å². The van der Waals surface area contributed by atoms with Crippen molar-refractivity contribution in [3.8, 4) is 0 Å². The van der Waals surface area contributed by atoms with Crippen molar-refractivity contribution in [1.29, 1.82) is 0 Å². The van der Waals surface area contributed by atoms with Crippen LogP contribution in [0, 0.1) is 0 Å². The molecule has 0 aliphatic carbocycles. The molecular weight excluding hydrogens is 156 g/mol. The van der Waals surface area contributed by atoms with Crippen molar-refractivity contribution < 1.29 is 14.2 Å². The zero-order valence-electron chi connectivity index (χ0n) is 8.72. The number of ether oxygens (including phenoxy) is 3. The Morgan fingerprint density at radius 1 is 1.42 bits per heavy atom. The van der Waals surface area contributed by atoms with Gasteiger partial charge in [-0.1, -0.05) is 13.8 Å². The van der Waals surface area contributed by atoms with Crippen LogP contribution in [-0.2, 0) is 14.2 Å². The summed E-state index contributed by atoms with van der Waals surface area (Å²) in [6, 6.07) is 0. The zero-order chi connectivity index (χ0) is 9.61. The summed E-state index contributed by atoms with van der Waals surface area (Å²) in [7, 11) is 1.66. The van der Waals surface area contributed by atoms with E-state index in [1.54, 1.807) is 7.11 Å². The van der Waals surface area contributed by atoms with Gasteiger partial charge < -0.3 is 14.2 Å². The van der Waals surface area contributed by atoms with Crippen LogP contribution in [0.2, 0.25) is 0 Å². The number of hydrogen-bond donors (Lipinski definition) is 0. The van der Waals surface area contributed by atoms with Crippen LogP contribution in [0.25, 0.3) is 0 Å². The largest absolute Gasteiger partial charge is 0.382 e. The molecule has 1 aliphatic rings. The monoisotopic (exact) mass is 176 g/mol. The third-order valence-electron chi connectivity index (χ3n) is 1.42. The van der Waals surface area contributed by atoms with Crippen LogP contribution in [0.1, 0.15) is 27.7 Å². The maximum atomic E-state index is 5.44. The highest BCUT2D eigenvalue weighted by Crippen LogP contribution is 2.21. The quantitative estimate of drug-likeness (QED) is 0.642. The van der Waals surface area contributed by atoms with E-state index in [1.165, 1.54) is 0 Å². The zero-order valence-corrected chi connectivity index (χ0v) is 8.72. The molecule has 74 valence electrons. The van der Waals surface area contributed by atoms with Crippen molar-refractivity contribution in [2.24, 2.45) is 0 Å². The molecule has 0 aromatic heterocycles. The summed E-state index contributed by atoms with van der Waals surface area (Å²) in [6.07, 6.45) is 0.111. The Bertz CT molecular complexity index is 112. The summed E-state index contributed by atoms with van der Waals surface area (Å²) in [5.41, 5.74) is 0. The molecule has 3 heteroatoms. The Morgan fingerprint density at radius 3 is 2.33 bits per heavy atom. The molecule has 1 heterocycles. The van der Waals surface area contributed by atoms with Gasteiger partial charge in [-0.25, -0.2) is 0 Å². The van der Waals surface area contributed by atoms with Crippen molar-refractivity contribution >= 4 is 0 Å².